The molecule has 0 unspecified atom stereocenters. The summed E-state index contributed by atoms with van der Waals surface area (Å²) in [7, 11) is 0. The first-order chi connectivity index (χ1) is 12.5. The maximum atomic E-state index is 12.4. The van der Waals surface area contributed by atoms with E-state index in [0.717, 1.165) is 37.9 Å². The average Bonchev–Trinajstić information content (AvgIpc) is 3.03. The molecule has 7 heteroatoms. The predicted molar refractivity (Wildman–Crippen MR) is 96.2 cm³/mol. The summed E-state index contributed by atoms with van der Waals surface area (Å²) in [4.78, 5) is 34.2. The highest BCUT2D eigenvalue weighted by molar-refractivity contribution is 5.78. The molecule has 0 aliphatic carbocycles. The largest absolute Gasteiger partial charge is 0.373 e. The van der Waals surface area contributed by atoms with Crippen LogP contribution in [0.3, 0.4) is 0 Å². The van der Waals surface area contributed by atoms with Gasteiger partial charge in [0.25, 0.3) is 0 Å². The van der Waals surface area contributed by atoms with Gasteiger partial charge in [-0.2, -0.15) is 0 Å². The molecule has 1 N–H and O–H groups in total. The van der Waals surface area contributed by atoms with Crippen LogP contribution in [0.1, 0.15) is 45.1 Å². The molecule has 0 radical (unpaired) electrons. The Bertz CT molecular complexity index is 627. The molecule has 26 heavy (non-hydrogen) atoms. The third-order valence-electron chi connectivity index (χ3n) is 5.35. The van der Waals surface area contributed by atoms with Gasteiger partial charge in [-0.25, -0.2) is 9.97 Å². The number of rotatable bonds is 5. The lowest BCUT2D eigenvalue weighted by Gasteiger charge is -2.38. The number of amides is 2. The summed E-state index contributed by atoms with van der Waals surface area (Å²) in [5.41, 5.74) is 0.802. The van der Waals surface area contributed by atoms with Crippen LogP contribution in [0.5, 0.6) is 0 Å². The van der Waals surface area contributed by atoms with Crippen LogP contribution in [0.15, 0.2) is 18.7 Å². The van der Waals surface area contributed by atoms with E-state index in [1.54, 1.807) is 12.4 Å². The summed E-state index contributed by atoms with van der Waals surface area (Å²) >= 11 is 0. The number of hydrogen-bond acceptors (Lipinski definition) is 5. The Morgan fingerprint density at radius 1 is 1.31 bits per heavy atom. The van der Waals surface area contributed by atoms with Crippen molar-refractivity contribution in [1.29, 1.82) is 0 Å². The van der Waals surface area contributed by atoms with Crippen molar-refractivity contribution in [3.8, 4) is 0 Å². The van der Waals surface area contributed by atoms with E-state index in [9.17, 15) is 9.59 Å². The predicted octanol–water partition coefficient (Wildman–Crippen LogP) is 1.33. The SMILES string of the molecule is CC(C)C(=O)N[C@@H]1COC2(CCN(C(=O)CCc3cncnc3)CC2)C1. The minimum atomic E-state index is -0.182. The highest BCUT2D eigenvalue weighted by Crippen LogP contribution is 2.36. The third-order valence-corrected chi connectivity index (χ3v) is 5.35. The van der Waals surface area contributed by atoms with Crippen molar-refractivity contribution in [1.82, 2.24) is 20.2 Å². The van der Waals surface area contributed by atoms with Gasteiger partial charge in [0.15, 0.2) is 0 Å². The Labute approximate surface area is 154 Å². The van der Waals surface area contributed by atoms with E-state index < -0.39 is 0 Å². The lowest BCUT2D eigenvalue weighted by Crippen LogP contribution is -2.47. The van der Waals surface area contributed by atoms with Gasteiger partial charge < -0.3 is 15.0 Å². The van der Waals surface area contributed by atoms with Crippen LogP contribution in [-0.4, -0.2) is 58.0 Å². The summed E-state index contributed by atoms with van der Waals surface area (Å²) in [5, 5.41) is 3.07. The van der Waals surface area contributed by atoms with Gasteiger partial charge in [0.05, 0.1) is 18.2 Å². The minimum absolute atomic E-state index is 0.0129. The summed E-state index contributed by atoms with van der Waals surface area (Å²) in [5.74, 6) is 0.237. The van der Waals surface area contributed by atoms with Gasteiger partial charge in [0.2, 0.25) is 11.8 Å². The van der Waals surface area contributed by atoms with Gasteiger partial charge in [-0.15, -0.1) is 0 Å². The van der Waals surface area contributed by atoms with E-state index in [-0.39, 0.29) is 29.4 Å². The quantitative estimate of drug-likeness (QED) is 0.856. The standard InChI is InChI=1S/C19H28N4O3/c1-14(2)18(25)22-16-9-19(26-12-16)5-7-23(8-6-19)17(24)4-3-15-10-20-13-21-11-15/h10-11,13-14,16H,3-9,12H2,1-2H3,(H,22,25)/t16-/m0/s1. The number of nitrogens with one attached hydrogen (secondary N) is 1. The Morgan fingerprint density at radius 2 is 2.00 bits per heavy atom. The van der Waals surface area contributed by atoms with E-state index >= 15 is 0 Å². The van der Waals surface area contributed by atoms with Crippen molar-refractivity contribution in [2.24, 2.45) is 5.92 Å². The Kier molecular flexibility index (Phi) is 5.86. The molecular weight excluding hydrogens is 332 g/mol. The first-order valence-corrected chi connectivity index (χ1v) is 9.43. The Morgan fingerprint density at radius 3 is 2.65 bits per heavy atom. The van der Waals surface area contributed by atoms with E-state index in [4.69, 9.17) is 4.74 Å². The number of aryl methyl sites for hydroxylation is 1. The van der Waals surface area contributed by atoms with Crippen LogP contribution in [0.2, 0.25) is 0 Å². The van der Waals surface area contributed by atoms with Gasteiger partial charge in [-0.3, -0.25) is 9.59 Å². The zero-order valence-electron chi connectivity index (χ0n) is 15.6. The third kappa shape index (κ3) is 4.58. The summed E-state index contributed by atoms with van der Waals surface area (Å²) in [6.45, 7) is 5.80. The number of carbonyl (C=O) groups is 2. The molecule has 142 valence electrons. The normalized spacial score (nSPS) is 22.0. The number of hydrogen-bond donors (Lipinski definition) is 1. The maximum absolute atomic E-state index is 12.4. The summed E-state index contributed by atoms with van der Waals surface area (Å²) in [6, 6.07) is 0.0882. The number of carbonyl (C=O) groups excluding carboxylic acids is 2. The van der Waals surface area contributed by atoms with E-state index in [2.05, 4.69) is 15.3 Å². The molecule has 3 heterocycles. The first kappa shape index (κ1) is 18.8. The Balaban J connectivity index is 1.44. The van der Waals surface area contributed by atoms with Gasteiger partial charge in [-0.05, 0) is 31.2 Å². The molecule has 0 saturated carbocycles. The zero-order valence-corrected chi connectivity index (χ0v) is 15.6. The van der Waals surface area contributed by atoms with E-state index in [1.165, 1.54) is 6.33 Å². The van der Waals surface area contributed by atoms with Crippen molar-refractivity contribution in [2.45, 2.75) is 57.6 Å². The zero-order chi connectivity index (χ0) is 18.6. The van der Waals surface area contributed by atoms with Crippen molar-refractivity contribution >= 4 is 11.8 Å². The van der Waals surface area contributed by atoms with Gasteiger partial charge in [0, 0.05) is 37.8 Å². The second-order valence-corrected chi connectivity index (χ2v) is 7.69. The Hall–Kier alpha value is -2.02. The molecule has 2 fully saturated rings. The number of nitrogens with zero attached hydrogens (tertiary/aromatic N) is 3. The fourth-order valence-electron chi connectivity index (χ4n) is 3.69. The molecule has 1 spiro atoms. The van der Waals surface area contributed by atoms with Crippen LogP contribution in [-0.2, 0) is 20.7 Å². The molecular formula is C19H28N4O3. The maximum Gasteiger partial charge on any atom is 0.222 e. The first-order valence-electron chi connectivity index (χ1n) is 9.43. The lowest BCUT2D eigenvalue weighted by molar-refractivity contribution is -0.136. The van der Waals surface area contributed by atoms with Crippen molar-refractivity contribution < 1.29 is 14.3 Å². The molecule has 3 rings (SSSR count). The summed E-state index contributed by atoms with van der Waals surface area (Å²) in [6.07, 6.45) is 8.66. The number of likely N-dealkylation sites (tertiary alicyclic amines) is 1. The van der Waals surface area contributed by atoms with Crippen LogP contribution in [0.4, 0.5) is 0 Å². The molecule has 2 amide bonds. The monoisotopic (exact) mass is 360 g/mol. The molecule has 1 aromatic heterocycles. The fraction of sp³-hybridized carbons (Fsp3) is 0.684. The second-order valence-electron chi connectivity index (χ2n) is 7.69. The minimum Gasteiger partial charge on any atom is -0.373 e. The summed E-state index contributed by atoms with van der Waals surface area (Å²) < 4.78 is 6.06. The molecule has 1 aromatic rings. The van der Waals surface area contributed by atoms with Gasteiger partial charge in [-0.1, -0.05) is 13.8 Å². The number of ether oxygens (including phenoxy) is 1. The molecule has 2 aliphatic rings. The highest BCUT2D eigenvalue weighted by atomic mass is 16.5. The van der Waals surface area contributed by atoms with Crippen molar-refractivity contribution in [2.75, 3.05) is 19.7 Å². The van der Waals surface area contributed by atoms with Gasteiger partial charge in [0.1, 0.15) is 6.33 Å². The van der Waals surface area contributed by atoms with Crippen LogP contribution in [0, 0.1) is 5.92 Å². The van der Waals surface area contributed by atoms with Crippen molar-refractivity contribution in [3.63, 3.8) is 0 Å². The van der Waals surface area contributed by atoms with E-state index in [1.807, 2.05) is 18.7 Å². The molecule has 0 aromatic carbocycles. The molecule has 7 nitrogen and oxygen atoms in total. The smallest absolute Gasteiger partial charge is 0.222 e. The highest BCUT2D eigenvalue weighted by Gasteiger charge is 2.43. The van der Waals surface area contributed by atoms with E-state index in [0.29, 0.717) is 19.4 Å². The van der Waals surface area contributed by atoms with Crippen LogP contribution in [0.25, 0.3) is 0 Å². The molecule has 2 saturated heterocycles. The topological polar surface area (TPSA) is 84.4 Å². The molecule has 0 bridgehead atoms. The van der Waals surface area contributed by atoms with Crippen LogP contribution < -0.4 is 5.32 Å². The van der Waals surface area contributed by atoms with Crippen molar-refractivity contribution in [3.05, 3.63) is 24.3 Å². The average molecular weight is 360 g/mol. The van der Waals surface area contributed by atoms with Gasteiger partial charge >= 0.3 is 0 Å². The number of aromatic nitrogens is 2. The molecule has 2 aliphatic heterocycles. The van der Waals surface area contributed by atoms with Crippen LogP contribution >= 0.6 is 0 Å². The fourth-order valence-corrected chi connectivity index (χ4v) is 3.69. The lowest BCUT2D eigenvalue weighted by atomic mass is 9.87. The molecule has 1 atom stereocenters. The second kappa shape index (κ2) is 8.12. The number of piperidine rings is 1.